The maximum absolute atomic E-state index is 13.0. The minimum Gasteiger partial charge on any atom is -0.368 e. The number of halogens is 3. The SMILES string of the molecule is NCC1CCN2c3cccc(C(F)(F)F)c3CC12. The molecule has 0 aliphatic carbocycles. The third kappa shape index (κ3) is 1.61. The third-order valence-electron chi connectivity index (χ3n) is 4.17. The Kier molecular flexibility index (Phi) is 2.55. The molecule has 3 rings (SSSR count). The molecule has 0 aromatic heterocycles. The number of hydrogen-bond acceptors (Lipinski definition) is 2. The molecular weight excluding hydrogens is 241 g/mol. The van der Waals surface area contributed by atoms with Gasteiger partial charge in [-0.25, -0.2) is 0 Å². The minimum atomic E-state index is -4.26. The van der Waals surface area contributed by atoms with Gasteiger partial charge in [0.1, 0.15) is 0 Å². The highest BCUT2D eigenvalue weighted by Crippen LogP contribution is 2.45. The van der Waals surface area contributed by atoms with Crippen LogP contribution in [0.25, 0.3) is 0 Å². The fourth-order valence-electron chi connectivity index (χ4n) is 3.30. The highest BCUT2D eigenvalue weighted by Gasteiger charge is 2.44. The lowest BCUT2D eigenvalue weighted by molar-refractivity contribution is -0.138. The quantitative estimate of drug-likeness (QED) is 0.836. The first-order chi connectivity index (χ1) is 8.52. The van der Waals surface area contributed by atoms with Gasteiger partial charge in [-0.15, -0.1) is 0 Å². The summed E-state index contributed by atoms with van der Waals surface area (Å²) < 4.78 is 38.9. The fourth-order valence-corrected chi connectivity index (χ4v) is 3.30. The molecule has 1 fully saturated rings. The van der Waals surface area contributed by atoms with Crippen LogP contribution < -0.4 is 10.6 Å². The summed E-state index contributed by atoms with van der Waals surface area (Å²) in [6.45, 7) is 1.37. The summed E-state index contributed by atoms with van der Waals surface area (Å²) in [5.41, 5.74) is 6.43. The molecule has 0 bridgehead atoms. The largest absolute Gasteiger partial charge is 0.416 e. The fraction of sp³-hybridized carbons (Fsp3) is 0.538. The zero-order valence-electron chi connectivity index (χ0n) is 9.87. The van der Waals surface area contributed by atoms with Gasteiger partial charge in [0, 0.05) is 18.3 Å². The molecule has 1 aromatic carbocycles. The second kappa shape index (κ2) is 3.88. The van der Waals surface area contributed by atoms with Gasteiger partial charge in [-0.1, -0.05) is 6.07 Å². The van der Waals surface area contributed by atoms with Crippen LogP contribution in [0.1, 0.15) is 17.5 Å². The Morgan fingerprint density at radius 1 is 1.33 bits per heavy atom. The molecule has 0 radical (unpaired) electrons. The molecule has 0 saturated carbocycles. The number of rotatable bonds is 1. The predicted molar refractivity (Wildman–Crippen MR) is 63.4 cm³/mol. The van der Waals surface area contributed by atoms with Crippen LogP contribution >= 0.6 is 0 Å². The van der Waals surface area contributed by atoms with E-state index in [-0.39, 0.29) is 6.04 Å². The molecule has 2 N–H and O–H groups in total. The molecule has 0 amide bonds. The van der Waals surface area contributed by atoms with Crippen LogP contribution in [0.3, 0.4) is 0 Å². The van der Waals surface area contributed by atoms with Crippen LogP contribution in [-0.2, 0) is 12.6 Å². The lowest BCUT2D eigenvalue weighted by atomic mass is 9.94. The van der Waals surface area contributed by atoms with E-state index in [2.05, 4.69) is 4.90 Å². The number of hydrogen-bond donors (Lipinski definition) is 1. The minimum absolute atomic E-state index is 0.161. The van der Waals surface area contributed by atoms with Crippen molar-refractivity contribution in [1.29, 1.82) is 0 Å². The lowest BCUT2D eigenvalue weighted by Crippen LogP contribution is -2.32. The van der Waals surface area contributed by atoms with Crippen LogP contribution in [0.2, 0.25) is 0 Å². The summed E-state index contributed by atoms with van der Waals surface area (Å²) >= 11 is 0. The normalized spacial score (nSPS) is 26.3. The molecule has 18 heavy (non-hydrogen) atoms. The topological polar surface area (TPSA) is 29.3 Å². The molecule has 0 spiro atoms. The number of nitrogens with zero attached hydrogens (tertiary/aromatic N) is 1. The van der Waals surface area contributed by atoms with Gasteiger partial charge in [-0.05, 0) is 43.0 Å². The number of anilines is 1. The number of alkyl halides is 3. The van der Waals surface area contributed by atoms with Crippen molar-refractivity contribution in [2.75, 3.05) is 18.0 Å². The molecular formula is C13H15F3N2. The molecule has 2 unspecified atom stereocenters. The second-order valence-corrected chi connectivity index (χ2v) is 5.05. The van der Waals surface area contributed by atoms with Crippen molar-refractivity contribution in [3.05, 3.63) is 29.3 Å². The van der Waals surface area contributed by atoms with Crippen molar-refractivity contribution < 1.29 is 13.2 Å². The van der Waals surface area contributed by atoms with Crippen molar-refractivity contribution in [3.8, 4) is 0 Å². The molecule has 1 saturated heterocycles. The van der Waals surface area contributed by atoms with Gasteiger partial charge in [-0.2, -0.15) is 13.2 Å². The van der Waals surface area contributed by atoms with Gasteiger partial charge in [0.25, 0.3) is 0 Å². The summed E-state index contributed by atoms with van der Waals surface area (Å²) in [6, 6.07) is 4.63. The van der Waals surface area contributed by atoms with Crippen LogP contribution in [-0.4, -0.2) is 19.1 Å². The Bertz CT molecular complexity index is 470. The van der Waals surface area contributed by atoms with E-state index in [1.807, 2.05) is 0 Å². The van der Waals surface area contributed by atoms with Crippen molar-refractivity contribution in [2.45, 2.75) is 25.1 Å². The molecule has 98 valence electrons. The highest BCUT2D eigenvalue weighted by molar-refractivity contribution is 5.63. The Hall–Kier alpha value is -1.23. The van der Waals surface area contributed by atoms with Crippen molar-refractivity contribution in [2.24, 2.45) is 11.7 Å². The molecule has 2 aliphatic rings. The van der Waals surface area contributed by atoms with Gasteiger partial charge >= 0.3 is 6.18 Å². The summed E-state index contributed by atoms with van der Waals surface area (Å²) in [5, 5.41) is 0. The molecule has 5 heteroatoms. The predicted octanol–water partition coefficient (Wildman–Crippen LogP) is 2.42. The van der Waals surface area contributed by atoms with E-state index in [9.17, 15) is 13.2 Å². The van der Waals surface area contributed by atoms with Gasteiger partial charge < -0.3 is 10.6 Å². The summed E-state index contributed by atoms with van der Waals surface area (Å²) in [7, 11) is 0. The lowest BCUT2D eigenvalue weighted by Gasteiger charge is -2.21. The van der Waals surface area contributed by atoms with Crippen LogP contribution in [0.5, 0.6) is 0 Å². The molecule has 2 aliphatic heterocycles. The van der Waals surface area contributed by atoms with Crippen molar-refractivity contribution >= 4 is 5.69 Å². The van der Waals surface area contributed by atoms with E-state index in [0.29, 0.717) is 24.4 Å². The van der Waals surface area contributed by atoms with E-state index in [0.717, 1.165) is 18.7 Å². The Morgan fingerprint density at radius 3 is 2.78 bits per heavy atom. The molecule has 2 atom stereocenters. The van der Waals surface area contributed by atoms with Crippen molar-refractivity contribution in [1.82, 2.24) is 0 Å². The zero-order valence-corrected chi connectivity index (χ0v) is 9.87. The van der Waals surface area contributed by atoms with Gasteiger partial charge in [0.05, 0.1) is 5.56 Å². The van der Waals surface area contributed by atoms with Gasteiger partial charge in [0.2, 0.25) is 0 Å². The van der Waals surface area contributed by atoms with E-state index in [1.54, 1.807) is 6.07 Å². The Labute approximate surface area is 104 Å². The molecule has 1 aromatic rings. The summed E-state index contributed by atoms with van der Waals surface area (Å²) in [6.07, 6.45) is -2.80. The number of benzene rings is 1. The first-order valence-electron chi connectivity index (χ1n) is 6.18. The van der Waals surface area contributed by atoms with Gasteiger partial charge in [-0.3, -0.25) is 0 Å². The first kappa shape index (κ1) is 11.8. The monoisotopic (exact) mass is 256 g/mol. The summed E-state index contributed by atoms with van der Waals surface area (Å²) in [4.78, 5) is 2.10. The maximum atomic E-state index is 13.0. The Morgan fingerprint density at radius 2 is 2.11 bits per heavy atom. The maximum Gasteiger partial charge on any atom is 0.416 e. The second-order valence-electron chi connectivity index (χ2n) is 5.05. The smallest absolute Gasteiger partial charge is 0.368 e. The highest BCUT2D eigenvalue weighted by atomic mass is 19.4. The summed E-state index contributed by atoms with van der Waals surface area (Å²) in [5.74, 6) is 0.318. The molecule has 2 heterocycles. The zero-order chi connectivity index (χ0) is 12.9. The average molecular weight is 256 g/mol. The van der Waals surface area contributed by atoms with E-state index in [1.165, 1.54) is 12.1 Å². The van der Waals surface area contributed by atoms with E-state index < -0.39 is 11.7 Å². The van der Waals surface area contributed by atoms with Crippen LogP contribution in [0.15, 0.2) is 18.2 Å². The van der Waals surface area contributed by atoms with Crippen LogP contribution in [0.4, 0.5) is 18.9 Å². The average Bonchev–Trinajstić information content (AvgIpc) is 2.84. The van der Waals surface area contributed by atoms with Crippen molar-refractivity contribution in [3.63, 3.8) is 0 Å². The standard InChI is InChI=1S/C13H15F3N2/c14-13(15,16)10-2-1-3-11-9(10)6-12-8(7-17)4-5-18(11)12/h1-3,8,12H,4-7,17H2. The number of nitrogens with two attached hydrogens (primary N) is 1. The molecule has 2 nitrogen and oxygen atoms in total. The van der Waals surface area contributed by atoms with E-state index in [4.69, 9.17) is 5.73 Å². The first-order valence-corrected chi connectivity index (χ1v) is 6.18. The number of fused-ring (bicyclic) bond motifs is 3. The Balaban J connectivity index is 2.03. The third-order valence-corrected chi connectivity index (χ3v) is 4.17. The van der Waals surface area contributed by atoms with Gasteiger partial charge in [0.15, 0.2) is 0 Å². The van der Waals surface area contributed by atoms with E-state index >= 15 is 0 Å². The van der Waals surface area contributed by atoms with Crippen LogP contribution in [0, 0.1) is 5.92 Å².